The molecule has 0 unspecified atom stereocenters. The van der Waals surface area contributed by atoms with Crippen LogP contribution in [0.3, 0.4) is 0 Å². The number of aromatic nitrogens is 5. The van der Waals surface area contributed by atoms with Crippen LogP contribution in [-0.2, 0) is 0 Å². The molecule has 4 aromatic heterocycles. The molecule has 0 aliphatic heterocycles. The predicted molar refractivity (Wildman–Crippen MR) is 87.5 cm³/mol. The lowest BCUT2D eigenvalue weighted by Crippen LogP contribution is -2.03. The van der Waals surface area contributed by atoms with Crippen LogP contribution in [0.15, 0.2) is 43.0 Å². The quantitative estimate of drug-likeness (QED) is 0.597. The fraction of sp³-hybridized carbons (Fsp3) is 0.0625. The molecule has 0 spiro atoms. The number of rotatable bonds is 3. The van der Waals surface area contributed by atoms with Crippen LogP contribution in [0.5, 0.6) is 0 Å². The van der Waals surface area contributed by atoms with E-state index in [1.807, 2.05) is 19.1 Å². The van der Waals surface area contributed by atoms with Crippen LogP contribution in [0, 0.1) is 6.92 Å². The molecule has 118 valence electrons. The Labute approximate surface area is 135 Å². The van der Waals surface area contributed by atoms with Gasteiger partial charge in [0, 0.05) is 29.2 Å². The Kier molecular flexibility index (Phi) is 3.09. The Morgan fingerprint density at radius 2 is 2.12 bits per heavy atom. The summed E-state index contributed by atoms with van der Waals surface area (Å²) in [5.74, 6) is -0.542. The van der Waals surface area contributed by atoms with Crippen LogP contribution in [-0.4, -0.2) is 35.6 Å². The molecule has 4 rings (SSSR count). The van der Waals surface area contributed by atoms with Crippen LogP contribution in [0.2, 0.25) is 0 Å². The molecule has 0 aromatic carbocycles. The first-order valence-electron chi connectivity index (χ1n) is 7.18. The van der Waals surface area contributed by atoms with E-state index < -0.39 is 5.97 Å². The second kappa shape index (κ2) is 5.27. The zero-order valence-corrected chi connectivity index (χ0v) is 12.6. The average Bonchev–Trinajstić information content (AvgIpc) is 2.99. The summed E-state index contributed by atoms with van der Waals surface area (Å²) < 4.78 is 1.48. The number of hydrogen-bond donors (Lipinski definition) is 2. The standard InChI is InChI=1S/C16H12N6O2/c1-9-6-10(2-5-18-9)20-14-11-3-4-17-8-13(11)22-15(21-14)12(7-19-22)16(23)24/h2-8H,1H3,(H,23,24)(H,18,20,21). The number of nitrogens with one attached hydrogen (secondary N) is 1. The van der Waals surface area contributed by atoms with Gasteiger partial charge in [-0.2, -0.15) is 5.10 Å². The van der Waals surface area contributed by atoms with Crippen LogP contribution in [0.1, 0.15) is 16.1 Å². The summed E-state index contributed by atoms with van der Waals surface area (Å²) in [4.78, 5) is 24.1. The van der Waals surface area contributed by atoms with Gasteiger partial charge in [0.05, 0.1) is 17.9 Å². The van der Waals surface area contributed by atoms with Crippen molar-refractivity contribution in [3.63, 3.8) is 0 Å². The molecule has 0 saturated heterocycles. The smallest absolute Gasteiger partial charge is 0.341 e. The molecule has 8 nitrogen and oxygen atoms in total. The first-order valence-corrected chi connectivity index (χ1v) is 7.18. The molecule has 0 radical (unpaired) electrons. The van der Waals surface area contributed by atoms with Gasteiger partial charge in [-0.1, -0.05) is 0 Å². The second-order valence-electron chi connectivity index (χ2n) is 5.26. The first-order chi connectivity index (χ1) is 11.6. The molecule has 4 heterocycles. The summed E-state index contributed by atoms with van der Waals surface area (Å²) in [5, 5.41) is 17.5. The maximum absolute atomic E-state index is 11.4. The highest BCUT2D eigenvalue weighted by atomic mass is 16.4. The third-order valence-electron chi connectivity index (χ3n) is 3.63. The fourth-order valence-electron chi connectivity index (χ4n) is 2.55. The first kappa shape index (κ1) is 14.1. The Bertz CT molecular complexity index is 1090. The lowest BCUT2D eigenvalue weighted by molar-refractivity contribution is 0.0699. The van der Waals surface area contributed by atoms with Gasteiger partial charge in [-0.05, 0) is 25.1 Å². The molecule has 24 heavy (non-hydrogen) atoms. The largest absolute Gasteiger partial charge is 0.477 e. The zero-order chi connectivity index (χ0) is 16.7. The van der Waals surface area contributed by atoms with Crippen molar-refractivity contribution >= 4 is 34.0 Å². The van der Waals surface area contributed by atoms with E-state index in [-0.39, 0.29) is 11.2 Å². The SMILES string of the molecule is Cc1cc(Nc2nc3c(C(=O)O)cnn3c3cnccc23)ccn1. The van der Waals surface area contributed by atoms with Gasteiger partial charge in [0.15, 0.2) is 5.65 Å². The Balaban J connectivity index is 1.98. The van der Waals surface area contributed by atoms with Crippen molar-refractivity contribution < 1.29 is 9.90 Å². The second-order valence-corrected chi connectivity index (χ2v) is 5.26. The molecule has 8 heteroatoms. The van der Waals surface area contributed by atoms with Gasteiger partial charge in [0.1, 0.15) is 11.4 Å². The Hall–Kier alpha value is -3.55. The third kappa shape index (κ3) is 2.21. The molecular formula is C16H12N6O2. The highest BCUT2D eigenvalue weighted by Crippen LogP contribution is 2.26. The molecule has 2 N–H and O–H groups in total. The number of hydrogen-bond acceptors (Lipinski definition) is 6. The molecule has 0 atom stereocenters. The van der Waals surface area contributed by atoms with Crippen molar-refractivity contribution in [1.82, 2.24) is 24.6 Å². The minimum Gasteiger partial charge on any atom is -0.477 e. The lowest BCUT2D eigenvalue weighted by atomic mass is 10.2. The zero-order valence-electron chi connectivity index (χ0n) is 12.6. The number of carboxylic acid groups (broad SMARTS) is 1. The Morgan fingerprint density at radius 1 is 1.25 bits per heavy atom. The summed E-state index contributed by atoms with van der Waals surface area (Å²) in [6.45, 7) is 1.89. The average molecular weight is 320 g/mol. The summed E-state index contributed by atoms with van der Waals surface area (Å²) >= 11 is 0. The molecule has 0 saturated carbocycles. The number of anilines is 2. The number of fused-ring (bicyclic) bond motifs is 3. The van der Waals surface area contributed by atoms with Gasteiger partial charge in [0.25, 0.3) is 0 Å². The van der Waals surface area contributed by atoms with Gasteiger partial charge in [-0.3, -0.25) is 9.97 Å². The van der Waals surface area contributed by atoms with Crippen LogP contribution in [0.25, 0.3) is 16.6 Å². The van der Waals surface area contributed by atoms with Crippen molar-refractivity contribution in [2.45, 2.75) is 6.92 Å². The van der Waals surface area contributed by atoms with E-state index in [4.69, 9.17) is 0 Å². The predicted octanol–water partition coefficient (Wildman–Crippen LogP) is 2.42. The van der Waals surface area contributed by atoms with Crippen molar-refractivity contribution in [2.75, 3.05) is 5.32 Å². The van der Waals surface area contributed by atoms with Gasteiger partial charge >= 0.3 is 5.97 Å². The van der Waals surface area contributed by atoms with E-state index in [0.717, 1.165) is 16.8 Å². The number of nitrogens with zero attached hydrogens (tertiary/aromatic N) is 5. The van der Waals surface area contributed by atoms with Crippen LogP contribution >= 0.6 is 0 Å². The van der Waals surface area contributed by atoms with Gasteiger partial charge < -0.3 is 10.4 Å². The normalized spacial score (nSPS) is 11.0. The number of pyridine rings is 2. The lowest BCUT2D eigenvalue weighted by Gasteiger charge is -2.10. The van der Waals surface area contributed by atoms with Crippen LogP contribution in [0.4, 0.5) is 11.5 Å². The highest BCUT2D eigenvalue weighted by molar-refractivity contribution is 5.98. The van der Waals surface area contributed by atoms with Crippen molar-refractivity contribution in [3.05, 3.63) is 54.2 Å². The topological polar surface area (TPSA) is 105 Å². The van der Waals surface area contributed by atoms with Gasteiger partial charge in [-0.25, -0.2) is 14.3 Å². The molecule has 0 bridgehead atoms. The molecule has 0 fully saturated rings. The number of aryl methyl sites for hydroxylation is 1. The maximum Gasteiger partial charge on any atom is 0.341 e. The van der Waals surface area contributed by atoms with E-state index >= 15 is 0 Å². The molecule has 0 aliphatic carbocycles. The van der Waals surface area contributed by atoms with Gasteiger partial charge in [-0.15, -0.1) is 0 Å². The minimum absolute atomic E-state index is 0.0368. The van der Waals surface area contributed by atoms with E-state index in [0.29, 0.717) is 11.3 Å². The maximum atomic E-state index is 11.4. The highest BCUT2D eigenvalue weighted by Gasteiger charge is 2.17. The monoisotopic (exact) mass is 320 g/mol. The van der Waals surface area contributed by atoms with Crippen molar-refractivity contribution in [2.24, 2.45) is 0 Å². The summed E-state index contributed by atoms with van der Waals surface area (Å²) in [6.07, 6.45) is 6.27. The van der Waals surface area contributed by atoms with Crippen LogP contribution < -0.4 is 5.32 Å². The third-order valence-corrected chi connectivity index (χ3v) is 3.63. The summed E-state index contributed by atoms with van der Waals surface area (Å²) in [5.41, 5.74) is 2.64. The van der Waals surface area contributed by atoms with E-state index in [1.165, 1.54) is 10.7 Å². The Morgan fingerprint density at radius 3 is 2.92 bits per heavy atom. The molecule has 4 aromatic rings. The van der Waals surface area contributed by atoms with E-state index in [1.54, 1.807) is 24.7 Å². The fourth-order valence-corrected chi connectivity index (χ4v) is 2.55. The van der Waals surface area contributed by atoms with E-state index in [9.17, 15) is 9.90 Å². The summed E-state index contributed by atoms with van der Waals surface area (Å²) in [7, 11) is 0. The molecule has 0 amide bonds. The number of carbonyl (C=O) groups is 1. The molecule has 0 aliphatic rings. The number of aromatic carboxylic acids is 1. The van der Waals surface area contributed by atoms with Crippen molar-refractivity contribution in [3.8, 4) is 0 Å². The summed E-state index contributed by atoms with van der Waals surface area (Å²) in [6, 6.07) is 5.51. The minimum atomic E-state index is -1.08. The molecular weight excluding hydrogens is 308 g/mol. The van der Waals surface area contributed by atoms with Gasteiger partial charge in [0.2, 0.25) is 0 Å². The van der Waals surface area contributed by atoms with Crippen molar-refractivity contribution in [1.29, 1.82) is 0 Å². The van der Waals surface area contributed by atoms with E-state index in [2.05, 4.69) is 25.4 Å². The number of carboxylic acids is 1.